The normalized spacial score (nSPS) is 13.3. The molecule has 0 bridgehead atoms. The Balaban J connectivity index is 2.35. The van der Waals surface area contributed by atoms with Crippen LogP contribution in [0.4, 0.5) is 0 Å². The minimum absolute atomic E-state index is 0.0731. The summed E-state index contributed by atoms with van der Waals surface area (Å²) in [6.07, 6.45) is 0. The lowest BCUT2D eigenvalue weighted by Gasteiger charge is -2.30. The molecule has 0 radical (unpaired) electrons. The van der Waals surface area contributed by atoms with Crippen molar-refractivity contribution in [2.75, 3.05) is 6.61 Å². The Morgan fingerprint density at radius 3 is 2.26 bits per heavy atom. The number of aliphatic hydroxyl groups excluding tert-OH is 1. The van der Waals surface area contributed by atoms with Gasteiger partial charge in [-0.3, -0.25) is 0 Å². The SMILES string of the molecule is CC(C)(CO)[C@H](N)c1cccc(-c2ccccc2)c1. The zero-order valence-corrected chi connectivity index (χ0v) is 11.5. The van der Waals surface area contributed by atoms with E-state index in [1.807, 2.05) is 44.2 Å². The molecule has 100 valence electrons. The van der Waals surface area contributed by atoms with Crippen LogP contribution in [-0.4, -0.2) is 11.7 Å². The molecule has 0 heterocycles. The molecule has 2 heteroatoms. The predicted octanol–water partition coefficient (Wildman–Crippen LogP) is 3.37. The maximum absolute atomic E-state index is 9.43. The summed E-state index contributed by atoms with van der Waals surface area (Å²) < 4.78 is 0. The van der Waals surface area contributed by atoms with Gasteiger partial charge in [-0.2, -0.15) is 0 Å². The van der Waals surface area contributed by atoms with Gasteiger partial charge in [-0.05, 0) is 22.8 Å². The van der Waals surface area contributed by atoms with Crippen molar-refractivity contribution in [2.45, 2.75) is 19.9 Å². The number of benzene rings is 2. The van der Waals surface area contributed by atoms with Crippen molar-refractivity contribution in [1.82, 2.24) is 0 Å². The lowest BCUT2D eigenvalue weighted by atomic mass is 9.81. The first-order valence-corrected chi connectivity index (χ1v) is 6.56. The first kappa shape index (κ1) is 13.8. The number of rotatable bonds is 4. The van der Waals surface area contributed by atoms with Crippen molar-refractivity contribution >= 4 is 0 Å². The number of hydrogen-bond donors (Lipinski definition) is 2. The van der Waals surface area contributed by atoms with E-state index in [9.17, 15) is 5.11 Å². The van der Waals surface area contributed by atoms with Gasteiger partial charge in [0.15, 0.2) is 0 Å². The molecule has 2 aromatic carbocycles. The molecule has 2 rings (SSSR count). The maximum Gasteiger partial charge on any atom is 0.0500 e. The van der Waals surface area contributed by atoms with Crippen molar-refractivity contribution in [3.05, 3.63) is 60.2 Å². The Kier molecular flexibility index (Phi) is 4.03. The molecule has 0 saturated heterocycles. The molecular formula is C17H21NO. The van der Waals surface area contributed by atoms with E-state index >= 15 is 0 Å². The molecule has 2 nitrogen and oxygen atoms in total. The van der Waals surface area contributed by atoms with E-state index < -0.39 is 0 Å². The van der Waals surface area contributed by atoms with Crippen LogP contribution in [0.3, 0.4) is 0 Å². The van der Waals surface area contributed by atoms with Gasteiger partial charge in [0.05, 0.1) is 0 Å². The van der Waals surface area contributed by atoms with Crippen molar-refractivity contribution in [3.63, 3.8) is 0 Å². The van der Waals surface area contributed by atoms with Gasteiger partial charge in [-0.1, -0.05) is 62.4 Å². The van der Waals surface area contributed by atoms with Crippen LogP contribution in [0, 0.1) is 5.41 Å². The molecule has 0 unspecified atom stereocenters. The van der Waals surface area contributed by atoms with Gasteiger partial charge in [-0.25, -0.2) is 0 Å². The highest BCUT2D eigenvalue weighted by Crippen LogP contribution is 2.32. The van der Waals surface area contributed by atoms with Gasteiger partial charge in [0, 0.05) is 18.1 Å². The minimum Gasteiger partial charge on any atom is -0.396 e. The molecule has 3 N–H and O–H groups in total. The molecule has 1 atom stereocenters. The highest BCUT2D eigenvalue weighted by atomic mass is 16.3. The van der Waals surface area contributed by atoms with Crippen molar-refractivity contribution < 1.29 is 5.11 Å². The Morgan fingerprint density at radius 1 is 1.00 bits per heavy atom. The van der Waals surface area contributed by atoms with Gasteiger partial charge >= 0.3 is 0 Å². The molecule has 0 aromatic heterocycles. The summed E-state index contributed by atoms with van der Waals surface area (Å²) in [6, 6.07) is 18.3. The summed E-state index contributed by atoms with van der Waals surface area (Å²) in [5.41, 5.74) is 9.34. The fourth-order valence-corrected chi connectivity index (χ4v) is 2.09. The standard InChI is InChI=1S/C17H21NO/c1-17(2,12-19)16(18)15-10-6-9-14(11-15)13-7-4-3-5-8-13/h3-11,16,19H,12,18H2,1-2H3/t16-/m1/s1. The van der Waals surface area contributed by atoms with Crippen LogP contribution in [-0.2, 0) is 0 Å². The Labute approximate surface area is 114 Å². The molecule has 0 fully saturated rings. The van der Waals surface area contributed by atoms with Gasteiger partial charge in [0.2, 0.25) is 0 Å². The first-order chi connectivity index (χ1) is 9.04. The molecule has 19 heavy (non-hydrogen) atoms. The van der Waals surface area contributed by atoms with E-state index in [4.69, 9.17) is 5.73 Å². The van der Waals surface area contributed by atoms with E-state index in [0.29, 0.717) is 0 Å². The van der Waals surface area contributed by atoms with Gasteiger partial charge in [-0.15, -0.1) is 0 Å². The lowest BCUT2D eigenvalue weighted by Crippen LogP contribution is -2.32. The molecule has 0 aliphatic rings. The van der Waals surface area contributed by atoms with E-state index in [0.717, 1.165) is 11.1 Å². The average molecular weight is 255 g/mol. The lowest BCUT2D eigenvalue weighted by molar-refractivity contribution is 0.132. The zero-order chi connectivity index (χ0) is 13.9. The Morgan fingerprint density at radius 2 is 1.63 bits per heavy atom. The fraction of sp³-hybridized carbons (Fsp3) is 0.294. The quantitative estimate of drug-likeness (QED) is 0.880. The first-order valence-electron chi connectivity index (χ1n) is 6.56. The molecule has 0 amide bonds. The summed E-state index contributed by atoms with van der Waals surface area (Å²) in [7, 11) is 0. The van der Waals surface area contributed by atoms with Crippen LogP contribution >= 0.6 is 0 Å². The minimum atomic E-state index is -0.324. The molecule has 0 spiro atoms. The van der Waals surface area contributed by atoms with Gasteiger partial charge in [0.25, 0.3) is 0 Å². The molecule has 0 saturated carbocycles. The van der Waals surface area contributed by atoms with E-state index in [2.05, 4.69) is 24.3 Å². The van der Waals surface area contributed by atoms with Crippen LogP contribution in [0.1, 0.15) is 25.5 Å². The van der Waals surface area contributed by atoms with Crippen LogP contribution in [0.2, 0.25) is 0 Å². The molecule has 0 aliphatic carbocycles. The van der Waals surface area contributed by atoms with Crippen LogP contribution < -0.4 is 5.73 Å². The largest absolute Gasteiger partial charge is 0.396 e. The Hall–Kier alpha value is -1.64. The second-order valence-electron chi connectivity index (χ2n) is 5.62. The molecule has 0 aliphatic heterocycles. The average Bonchev–Trinajstić information content (AvgIpc) is 2.47. The van der Waals surface area contributed by atoms with Gasteiger partial charge in [0.1, 0.15) is 0 Å². The molecule has 2 aromatic rings. The Bertz CT molecular complexity index is 534. The van der Waals surface area contributed by atoms with Crippen LogP contribution in [0.15, 0.2) is 54.6 Å². The molecular weight excluding hydrogens is 234 g/mol. The van der Waals surface area contributed by atoms with Crippen molar-refractivity contribution in [3.8, 4) is 11.1 Å². The number of nitrogens with two attached hydrogens (primary N) is 1. The van der Waals surface area contributed by atoms with Crippen LogP contribution in [0.5, 0.6) is 0 Å². The highest BCUT2D eigenvalue weighted by molar-refractivity contribution is 5.64. The third-order valence-corrected chi connectivity index (χ3v) is 3.60. The van der Waals surface area contributed by atoms with E-state index in [1.54, 1.807) is 0 Å². The maximum atomic E-state index is 9.43. The smallest absolute Gasteiger partial charge is 0.0500 e. The van der Waals surface area contributed by atoms with Crippen molar-refractivity contribution in [2.24, 2.45) is 11.1 Å². The van der Waals surface area contributed by atoms with Crippen LogP contribution in [0.25, 0.3) is 11.1 Å². The summed E-state index contributed by atoms with van der Waals surface area (Å²) in [4.78, 5) is 0. The monoisotopic (exact) mass is 255 g/mol. The highest BCUT2D eigenvalue weighted by Gasteiger charge is 2.26. The number of hydrogen-bond acceptors (Lipinski definition) is 2. The summed E-state index contributed by atoms with van der Waals surface area (Å²) in [6.45, 7) is 4.03. The third-order valence-electron chi connectivity index (χ3n) is 3.60. The second kappa shape index (κ2) is 5.55. The summed E-state index contributed by atoms with van der Waals surface area (Å²) in [5.74, 6) is 0. The van der Waals surface area contributed by atoms with E-state index in [-0.39, 0.29) is 18.1 Å². The van der Waals surface area contributed by atoms with E-state index in [1.165, 1.54) is 5.56 Å². The number of aliphatic hydroxyl groups is 1. The fourth-order valence-electron chi connectivity index (χ4n) is 2.09. The topological polar surface area (TPSA) is 46.2 Å². The second-order valence-corrected chi connectivity index (χ2v) is 5.62. The van der Waals surface area contributed by atoms with Crippen molar-refractivity contribution in [1.29, 1.82) is 0 Å². The summed E-state index contributed by atoms with van der Waals surface area (Å²) >= 11 is 0. The predicted molar refractivity (Wildman–Crippen MR) is 79.7 cm³/mol. The van der Waals surface area contributed by atoms with Gasteiger partial charge < -0.3 is 10.8 Å². The summed E-state index contributed by atoms with van der Waals surface area (Å²) in [5, 5.41) is 9.43. The third kappa shape index (κ3) is 3.03. The zero-order valence-electron chi connectivity index (χ0n) is 11.5.